The number of H-pyrrole nitrogens is 1. The molecule has 1 fully saturated rings. The lowest BCUT2D eigenvalue weighted by atomic mass is 10.1. The van der Waals surface area contributed by atoms with Crippen LogP contribution in [0, 0.1) is 13.8 Å². The zero-order chi connectivity index (χ0) is 13.4. The maximum absolute atomic E-state index is 12.1. The third kappa shape index (κ3) is 2.36. The van der Waals surface area contributed by atoms with E-state index >= 15 is 0 Å². The van der Waals surface area contributed by atoms with Crippen molar-refractivity contribution in [2.45, 2.75) is 32.6 Å². The first-order chi connectivity index (χ1) is 9.15. The van der Waals surface area contributed by atoms with Crippen molar-refractivity contribution >= 4 is 11.6 Å². The third-order valence-corrected chi connectivity index (χ3v) is 3.52. The number of benzene rings is 1. The number of aromatic nitrogens is 3. The number of nitrogens with one attached hydrogen (secondary N) is 2. The smallest absolute Gasteiger partial charge is 0.295 e. The summed E-state index contributed by atoms with van der Waals surface area (Å²) in [4.78, 5) is 16.3. The molecule has 1 aliphatic carbocycles. The summed E-state index contributed by atoms with van der Waals surface area (Å²) in [5.41, 5.74) is 3.02. The molecule has 1 aromatic carbocycles. The fraction of sp³-hybridized carbons (Fsp3) is 0.357. The van der Waals surface area contributed by atoms with Crippen molar-refractivity contribution in [1.82, 2.24) is 15.2 Å². The Morgan fingerprint density at radius 3 is 2.89 bits per heavy atom. The van der Waals surface area contributed by atoms with Gasteiger partial charge in [-0.2, -0.15) is 0 Å². The maximum Gasteiger partial charge on any atom is 0.295 e. The van der Waals surface area contributed by atoms with E-state index in [-0.39, 0.29) is 11.7 Å². The van der Waals surface area contributed by atoms with Gasteiger partial charge in [-0.15, -0.1) is 5.10 Å². The van der Waals surface area contributed by atoms with Gasteiger partial charge in [-0.25, -0.2) is 4.98 Å². The van der Waals surface area contributed by atoms with Crippen molar-refractivity contribution in [3.8, 4) is 0 Å². The van der Waals surface area contributed by atoms with E-state index in [4.69, 9.17) is 0 Å². The van der Waals surface area contributed by atoms with Crippen LogP contribution in [0.4, 0.5) is 5.69 Å². The van der Waals surface area contributed by atoms with Gasteiger partial charge in [0.25, 0.3) is 5.91 Å². The third-order valence-electron chi connectivity index (χ3n) is 3.52. The highest BCUT2D eigenvalue weighted by Gasteiger charge is 2.28. The molecule has 0 aliphatic heterocycles. The standard InChI is InChI=1S/C14H16N4O/c1-8-4-3-5-11(9(8)2)15-14(19)13-16-12(17-18-13)10-6-7-10/h3-5,10H,6-7H2,1-2H3,(H,15,19)(H,16,17,18). The number of anilines is 1. The van der Waals surface area contributed by atoms with Gasteiger partial charge < -0.3 is 5.32 Å². The Bertz CT molecular complexity index is 628. The Hall–Kier alpha value is -2.17. The second-order valence-electron chi connectivity index (χ2n) is 5.02. The quantitative estimate of drug-likeness (QED) is 0.886. The number of hydrogen-bond donors (Lipinski definition) is 2. The lowest BCUT2D eigenvalue weighted by Gasteiger charge is -2.08. The molecule has 2 aromatic rings. The normalized spacial score (nSPS) is 14.4. The van der Waals surface area contributed by atoms with Crippen LogP contribution in [0.1, 0.15) is 46.3 Å². The largest absolute Gasteiger partial charge is 0.319 e. The molecule has 5 nitrogen and oxygen atoms in total. The number of aromatic amines is 1. The second kappa shape index (κ2) is 4.50. The topological polar surface area (TPSA) is 70.7 Å². The highest BCUT2D eigenvalue weighted by molar-refractivity contribution is 6.02. The molecule has 5 heteroatoms. The van der Waals surface area contributed by atoms with Crippen molar-refractivity contribution in [3.63, 3.8) is 0 Å². The van der Waals surface area contributed by atoms with E-state index in [0.717, 1.165) is 35.5 Å². The van der Waals surface area contributed by atoms with Gasteiger partial charge in [0.1, 0.15) is 5.82 Å². The Morgan fingerprint density at radius 2 is 2.16 bits per heavy atom. The monoisotopic (exact) mass is 256 g/mol. The van der Waals surface area contributed by atoms with E-state index in [0.29, 0.717) is 5.92 Å². The minimum absolute atomic E-state index is 0.211. The summed E-state index contributed by atoms with van der Waals surface area (Å²) in [7, 11) is 0. The molecule has 19 heavy (non-hydrogen) atoms. The number of carbonyl (C=O) groups excluding carboxylic acids is 1. The van der Waals surface area contributed by atoms with Gasteiger partial charge in [-0.05, 0) is 43.9 Å². The summed E-state index contributed by atoms with van der Waals surface area (Å²) in [6.45, 7) is 4.00. The van der Waals surface area contributed by atoms with E-state index in [1.165, 1.54) is 0 Å². The zero-order valence-corrected chi connectivity index (χ0v) is 11.0. The fourth-order valence-electron chi connectivity index (χ4n) is 1.98. The minimum Gasteiger partial charge on any atom is -0.319 e. The first kappa shape index (κ1) is 11.9. The van der Waals surface area contributed by atoms with Crippen LogP contribution in [0.5, 0.6) is 0 Å². The average Bonchev–Trinajstić information content (AvgIpc) is 3.12. The molecule has 3 rings (SSSR count). The molecule has 0 spiro atoms. The van der Waals surface area contributed by atoms with Crippen molar-refractivity contribution in [2.24, 2.45) is 0 Å². The number of hydrogen-bond acceptors (Lipinski definition) is 3. The Balaban J connectivity index is 1.78. The molecular weight excluding hydrogens is 240 g/mol. The minimum atomic E-state index is -0.267. The molecule has 0 saturated heterocycles. The predicted octanol–water partition coefficient (Wildman–Crippen LogP) is 2.55. The SMILES string of the molecule is Cc1cccc(NC(=O)c2n[nH]c(C3CC3)n2)c1C. The first-order valence-electron chi connectivity index (χ1n) is 6.45. The van der Waals surface area contributed by atoms with Gasteiger partial charge in [-0.3, -0.25) is 9.89 Å². The van der Waals surface area contributed by atoms with Crippen LogP contribution >= 0.6 is 0 Å². The van der Waals surface area contributed by atoms with Crippen LogP contribution < -0.4 is 5.32 Å². The molecule has 1 saturated carbocycles. The Morgan fingerprint density at radius 1 is 1.37 bits per heavy atom. The number of nitrogens with zero attached hydrogens (tertiary/aromatic N) is 2. The lowest BCUT2D eigenvalue weighted by Crippen LogP contribution is -2.14. The summed E-state index contributed by atoms with van der Waals surface area (Å²) in [6, 6.07) is 5.82. The molecule has 1 heterocycles. The van der Waals surface area contributed by atoms with E-state index in [1.54, 1.807) is 0 Å². The molecule has 1 aromatic heterocycles. The number of rotatable bonds is 3. The van der Waals surface area contributed by atoms with E-state index in [9.17, 15) is 4.79 Å². The summed E-state index contributed by atoms with van der Waals surface area (Å²) in [5.74, 6) is 1.24. The summed E-state index contributed by atoms with van der Waals surface area (Å²) in [6.07, 6.45) is 2.26. The molecule has 1 aliphatic rings. The van der Waals surface area contributed by atoms with Gasteiger partial charge in [-0.1, -0.05) is 12.1 Å². The number of carbonyl (C=O) groups is 1. The van der Waals surface area contributed by atoms with Gasteiger partial charge in [0.15, 0.2) is 0 Å². The summed E-state index contributed by atoms with van der Waals surface area (Å²) < 4.78 is 0. The van der Waals surface area contributed by atoms with Crippen LogP contribution in [-0.4, -0.2) is 21.1 Å². The molecule has 0 unspecified atom stereocenters. The van der Waals surface area contributed by atoms with Crippen molar-refractivity contribution < 1.29 is 4.79 Å². The molecular formula is C14H16N4O. The van der Waals surface area contributed by atoms with E-state index < -0.39 is 0 Å². The van der Waals surface area contributed by atoms with Gasteiger partial charge in [0, 0.05) is 11.6 Å². The van der Waals surface area contributed by atoms with Crippen LogP contribution in [-0.2, 0) is 0 Å². The number of aryl methyl sites for hydroxylation is 1. The zero-order valence-electron chi connectivity index (χ0n) is 11.0. The van der Waals surface area contributed by atoms with Crippen LogP contribution in [0.25, 0.3) is 0 Å². The second-order valence-corrected chi connectivity index (χ2v) is 5.02. The molecule has 2 N–H and O–H groups in total. The van der Waals surface area contributed by atoms with E-state index in [1.807, 2.05) is 32.0 Å². The van der Waals surface area contributed by atoms with Crippen LogP contribution in [0.15, 0.2) is 18.2 Å². The average molecular weight is 256 g/mol. The van der Waals surface area contributed by atoms with Gasteiger partial charge in [0.2, 0.25) is 5.82 Å². The molecule has 0 bridgehead atoms. The molecule has 98 valence electrons. The summed E-state index contributed by atoms with van der Waals surface area (Å²) in [5, 5.41) is 9.67. The maximum atomic E-state index is 12.1. The first-order valence-corrected chi connectivity index (χ1v) is 6.45. The highest BCUT2D eigenvalue weighted by atomic mass is 16.2. The van der Waals surface area contributed by atoms with Crippen LogP contribution in [0.2, 0.25) is 0 Å². The number of amides is 1. The Kier molecular flexibility index (Phi) is 2.81. The lowest BCUT2D eigenvalue weighted by molar-refractivity contribution is 0.101. The van der Waals surface area contributed by atoms with Crippen LogP contribution in [0.3, 0.4) is 0 Å². The Labute approximate surface area is 111 Å². The highest BCUT2D eigenvalue weighted by Crippen LogP contribution is 2.37. The van der Waals surface area contributed by atoms with Crippen molar-refractivity contribution in [2.75, 3.05) is 5.32 Å². The van der Waals surface area contributed by atoms with Gasteiger partial charge >= 0.3 is 0 Å². The predicted molar refractivity (Wildman–Crippen MR) is 72.2 cm³/mol. The van der Waals surface area contributed by atoms with Crippen molar-refractivity contribution in [3.05, 3.63) is 41.0 Å². The fourth-order valence-corrected chi connectivity index (χ4v) is 1.98. The summed E-state index contributed by atoms with van der Waals surface area (Å²) >= 11 is 0. The van der Waals surface area contributed by atoms with Crippen molar-refractivity contribution in [1.29, 1.82) is 0 Å². The molecule has 0 radical (unpaired) electrons. The molecule has 0 atom stereocenters. The molecule has 1 amide bonds. The van der Waals surface area contributed by atoms with E-state index in [2.05, 4.69) is 20.5 Å². The van der Waals surface area contributed by atoms with Gasteiger partial charge in [0.05, 0.1) is 0 Å².